The predicted octanol–water partition coefficient (Wildman–Crippen LogP) is 1.75. The standard InChI is InChI=1S/C28H41F2N5O7S2/c1-6-8-35(9-7-2)28(38)21-13-20(14-24(15-21)43(31,39)40)27(37)32-25(12-19-10-22(29)16-23(30)11-19)26(36)17-34(5)33-44(41,42)18(3)4/h10-11,13-16,18,25-26,33,36H,6-9,12,17H2,1-5H3,(H,32,37)(H2,31,39,40). The topological polar surface area (TPSA) is 179 Å². The van der Waals surface area contributed by atoms with E-state index in [1.54, 1.807) is 0 Å². The highest BCUT2D eigenvalue weighted by atomic mass is 32.2. The van der Waals surface area contributed by atoms with Crippen LogP contribution < -0.4 is 15.3 Å². The average molecular weight is 662 g/mol. The third kappa shape index (κ3) is 10.9. The Morgan fingerprint density at radius 1 is 0.932 bits per heavy atom. The van der Waals surface area contributed by atoms with Gasteiger partial charge in [-0.1, -0.05) is 13.8 Å². The van der Waals surface area contributed by atoms with Crippen LogP contribution in [-0.2, 0) is 26.5 Å². The highest BCUT2D eigenvalue weighted by Gasteiger charge is 2.28. The summed E-state index contributed by atoms with van der Waals surface area (Å²) in [6.45, 7) is 7.06. The molecule has 44 heavy (non-hydrogen) atoms. The second kappa shape index (κ2) is 15.8. The van der Waals surface area contributed by atoms with Crippen LogP contribution in [0.2, 0.25) is 0 Å². The van der Waals surface area contributed by atoms with Crippen LogP contribution in [0.3, 0.4) is 0 Å². The van der Waals surface area contributed by atoms with Gasteiger partial charge in [-0.05, 0) is 69.0 Å². The fourth-order valence-electron chi connectivity index (χ4n) is 4.34. The molecule has 0 aliphatic rings. The van der Waals surface area contributed by atoms with Gasteiger partial charge in [0, 0.05) is 43.9 Å². The number of nitrogens with one attached hydrogen (secondary N) is 2. The Morgan fingerprint density at radius 2 is 1.48 bits per heavy atom. The molecule has 0 aliphatic carbocycles. The maximum atomic E-state index is 14.0. The third-order valence-electron chi connectivity index (χ3n) is 6.54. The van der Waals surface area contributed by atoms with E-state index in [-0.39, 0.29) is 29.7 Å². The van der Waals surface area contributed by atoms with Gasteiger partial charge in [-0.2, -0.15) is 0 Å². The van der Waals surface area contributed by atoms with Gasteiger partial charge in [0.15, 0.2) is 0 Å². The zero-order chi connectivity index (χ0) is 33.4. The maximum absolute atomic E-state index is 14.0. The van der Waals surface area contributed by atoms with Crippen molar-refractivity contribution in [3.05, 3.63) is 64.7 Å². The van der Waals surface area contributed by atoms with E-state index in [0.29, 0.717) is 32.0 Å². The highest BCUT2D eigenvalue weighted by Crippen LogP contribution is 2.19. The maximum Gasteiger partial charge on any atom is 0.253 e. The molecule has 0 bridgehead atoms. The third-order valence-corrected chi connectivity index (χ3v) is 9.24. The van der Waals surface area contributed by atoms with Gasteiger partial charge in [0.1, 0.15) is 11.6 Å². The molecule has 0 radical (unpaired) electrons. The van der Waals surface area contributed by atoms with Crippen molar-refractivity contribution in [3.8, 4) is 0 Å². The Labute approximate surface area is 257 Å². The van der Waals surface area contributed by atoms with E-state index in [2.05, 4.69) is 10.1 Å². The number of hydrogen-bond donors (Lipinski definition) is 4. The molecule has 0 saturated carbocycles. The number of nitrogens with two attached hydrogens (primary N) is 1. The molecule has 0 saturated heterocycles. The molecule has 2 amide bonds. The van der Waals surface area contributed by atoms with Crippen molar-refractivity contribution in [3.63, 3.8) is 0 Å². The first-order valence-corrected chi connectivity index (χ1v) is 17.1. The van der Waals surface area contributed by atoms with Gasteiger partial charge < -0.3 is 15.3 Å². The number of carbonyl (C=O) groups is 2. The number of aliphatic hydroxyl groups is 1. The van der Waals surface area contributed by atoms with Crippen LogP contribution in [-0.4, -0.2) is 87.7 Å². The second-order valence-corrected chi connectivity index (χ2v) is 14.6. The zero-order valence-electron chi connectivity index (χ0n) is 25.4. The molecule has 2 unspecified atom stereocenters. The minimum Gasteiger partial charge on any atom is -0.390 e. The zero-order valence-corrected chi connectivity index (χ0v) is 27.0. The van der Waals surface area contributed by atoms with Crippen molar-refractivity contribution >= 4 is 31.9 Å². The highest BCUT2D eigenvalue weighted by molar-refractivity contribution is 7.90. The number of hydrazine groups is 1. The minimum absolute atomic E-state index is 0.0705. The summed E-state index contributed by atoms with van der Waals surface area (Å²) in [6.07, 6.45) is -0.531. The van der Waals surface area contributed by atoms with Crippen molar-refractivity contribution in [2.75, 3.05) is 26.7 Å². The number of aliphatic hydroxyl groups excluding tert-OH is 1. The number of sulfonamides is 2. The molecule has 0 spiro atoms. The average Bonchev–Trinajstić information content (AvgIpc) is 2.90. The molecular formula is C28H41F2N5O7S2. The van der Waals surface area contributed by atoms with Gasteiger partial charge in [-0.15, -0.1) is 4.83 Å². The largest absolute Gasteiger partial charge is 0.390 e. The van der Waals surface area contributed by atoms with Gasteiger partial charge in [-0.25, -0.2) is 35.8 Å². The molecule has 2 rings (SSSR count). The fraction of sp³-hybridized carbons (Fsp3) is 0.500. The van der Waals surface area contributed by atoms with Crippen LogP contribution in [0.15, 0.2) is 41.3 Å². The molecule has 2 aromatic rings. The van der Waals surface area contributed by atoms with Crippen molar-refractivity contribution in [2.24, 2.45) is 5.14 Å². The first-order chi connectivity index (χ1) is 20.4. The van der Waals surface area contributed by atoms with E-state index in [1.807, 2.05) is 13.8 Å². The summed E-state index contributed by atoms with van der Waals surface area (Å²) in [4.78, 5) is 30.1. The summed E-state index contributed by atoms with van der Waals surface area (Å²) >= 11 is 0. The van der Waals surface area contributed by atoms with Gasteiger partial charge >= 0.3 is 0 Å². The molecule has 246 valence electrons. The molecular weight excluding hydrogens is 620 g/mol. The van der Waals surface area contributed by atoms with Crippen LogP contribution in [0, 0.1) is 11.6 Å². The van der Waals surface area contributed by atoms with Crippen LogP contribution >= 0.6 is 0 Å². The normalized spacial score (nSPS) is 13.6. The molecule has 12 nitrogen and oxygen atoms in total. The molecule has 0 aromatic heterocycles. The summed E-state index contributed by atoms with van der Waals surface area (Å²) in [6, 6.07) is 4.65. The summed E-state index contributed by atoms with van der Waals surface area (Å²) in [5.74, 6) is -3.23. The van der Waals surface area contributed by atoms with Crippen molar-refractivity contribution in [1.29, 1.82) is 0 Å². The summed E-state index contributed by atoms with van der Waals surface area (Å²) in [5, 5.41) is 19.2. The van der Waals surface area contributed by atoms with E-state index >= 15 is 0 Å². The van der Waals surface area contributed by atoms with E-state index in [1.165, 1.54) is 31.9 Å². The molecule has 2 aromatic carbocycles. The second-order valence-electron chi connectivity index (χ2n) is 10.8. The lowest BCUT2D eigenvalue weighted by Gasteiger charge is -2.29. The minimum atomic E-state index is -4.36. The SMILES string of the molecule is CCCN(CCC)C(=O)c1cc(C(=O)NC(Cc2cc(F)cc(F)c2)C(O)CN(C)NS(=O)(=O)C(C)C)cc(S(N)(=O)=O)c1. The number of likely N-dealkylation sites (N-methyl/N-ethyl adjacent to an activating group) is 1. The summed E-state index contributed by atoms with van der Waals surface area (Å²) < 4.78 is 77.0. The molecule has 5 N–H and O–H groups in total. The summed E-state index contributed by atoms with van der Waals surface area (Å²) in [7, 11) is -6.80. The van der Waals surface area contributed by atoms with Crippen LogP contribution in [0.25, 0.3) is 0 Å². The lowest BCUT2D eigenvalue weighted by molar-refractivity contribution is 0.0687. The Balaban J connectivity index is 2.50. The van der Waals surface area contributed by atoms with E-state index in [4.69, 9.17) is 5.14 Å². The molecule has 2 atom stereocenters. The monoisotopic (exact) mass is 661 g/mol. The molecule has 16 heteroatoms. The number of amides is 2. The van der Waals surface area contributed by atoms with Gasteiger partial charge in [0.25, 0.3) is 11.8 Å². The smallest absolute Gasteiger partial charge is 0.253 e. The number of nitrogens with zero attached hydrogens (tertiary/aromatic N) is 2. The van der Waals surface area contributed by atoms with Gasteiger partial charge in [0.2, 0.25) is 20.0 Å². The van der Waals surface area contributed by atoms with Crippen LogP contribution in [0.1, 0.15) is 66.8 Å². The Bertz CT molecular complexity index is 1510. The number of carbonyl (C=O) groups excluding carboxylic acids is 2. The fourth-order valence-corrected chi connectivity index (χ4v) is 5.64. The first-order valence-electron chi connectivity index (χ1n) is 14.0. The Morgan fingerprint density at radius 3 is 1.98 bits per heavy atom. The molecule has 0 aliphatic heterocycles. The Kier molecular flexibility index (Phi) is 13.4. The lowest BCUT2D eigenvalue weighted by atomic mass is 9.99. The van der Waals surface area contributed by atoms with Crippen molar-refractivity contribution in [1.82, 2.24) is 20.1 Å². The van der Waals surface area contributed by atoms with E-state index in [0.717, 1.165) is 29.3 Å². The van der Waals surface area contributed by atoms with Crippen LogP contribution in [0.5, 0.6) is 0 Å². The first kappa shape index (κ1) is 37.2. The van der Waals surface area contributed by atoms with Crippen LogP contribution in [0.4, 0.5) is 8.78 Å². The number of halogens is 2. The number of primary sulfonamides is 1. The number of rotatable bonds is 16. The number of hydrogen-bond acceptors (Lipinski definition) is 8. The summed E-state index contributed by atoms with van der Waals surface area (Å²) in [5.41, 5.74) is -0.304. The number of benzene rings is 2. The quantitative estimate of drug-likeness (QED) is 0.197. The van der Waals surface area contributed by atoms with Gasteiger partial charge in [-0.3, -0.25) is 9.59 Å². The predicted molar refractivity (Wildman–Crippen MR) is 161 cm³/mol. The molecule has 0 heterocycles. The van der Waals surface area contributed by atoms with Gasteiger partial charge in [0.05, 0.1) is 22.3 Å². The molecule has 0 fully saturated rings. The van der Waals surface area contributed by atoms with Crippen molar-refractivity contribution in [2.45, 2.75) is 69.2 Å². The van der Waals surface area contributed by atoms with E-state index < -0.39 is 65.8 Å². The van der Waals surface area contributed by atoms with Crippen molar-refractivity contribution < 1.29 is 40.3 Å². The lowest BCUT2D eigenvalue weighted by Crippen LogP contribution is -2.52. The van der Waals surface area contributed by atoms with E-state index in [9.17, 15) is 40.3 Å². The Hall–Kier alpha value is -3.02.